The third-order valence-corrected chi connectivity index (χ3v) is 5.44. The molecule has 0 nitrogen and oxygen atoms in total. The summed E-state index contributed by atoms with van der Waals surface area (Å²) in [5.41, 5.74) is 1.44. The molecule has 0 N–H and O–H groups in total. The first-order valence-corrected chi connectivity index (χ1v) is 8.82. The minimum Gasteiger partial charge on any atom is -0.206 e. The highest BCUT2D eigenvalue weighted by Crippen LogP contribution is 2.35. The molecule has 0 fully saturated rings. The van der Waals surface area contributed by atoms with Crippen LogP contribution in [0.4, 0.5) is 8.78 Å². The first kappa shape index (κ1) is 15.6. The average Bonchev–Trinajstić information content (AvgIpc) is 2.96. The van der Waals surface area contributed by atoms with Crippen molar-refractivity contribution in [3.63, 3.8) is 0 Å². The molecule has 2 aromatic carbocycles. The van der Waals surface area contributed by atoms with E-state index in [9.17, 15) is 8.78 Å². The first-order valence-electron chi connectivity index (χ1n) is 6.92. The molecular weight excluding hydrogens is 413 g/mol. The summed E-state index contributed by atoms with van der Waals surface area (Å²) in [5, 5.41) is 0. The maximum Gasteiger partial charge on any atom is 0.135 e. The monoisotopic (exact) mass is 426 g/mol. The molecule has 0 amide bonds. The van der Waals surface area contributed by atoms with Gasteiger partial charge >= 0.3 is 0 Å². The van der Waals surface area contributed by atoms with Gasteiger partial charge in [-0.25, -0.2) is 8.78 Å². The number of hydrogen-bond donors (Lipinski definition) is 0. The summed E-state index contributed by atoms with van der Waals surface area (Å²) in [6.45, 7) is 2.03. The Kier molecular flexibility index (Phi) is 4.59. The summed E-state index contributed by atoms with van der Waals surface area (Å²) >= 11 is 3.64. The maximum atomic E-state index is 14.4. The highest BCUT2D eigenvalue weighted by molar-refractivity contribution is 14.1. The maximum absolute atomic E-state index is 14.4. The topological polar surface area (TPSA) is 0 Å². The minimum atomic E-state index is -0.516. The average molecular weight is 426 g/mol. The van der Waals surface area contributed by atoms with Crippen molar-refractivity contribution < 1.29 is 8.78 Å². The third-order valence-electron chi connectivity index (χ3n) is 3.48. The van der Waals surface area contributed by atoms with Gasteiger partial charge in [0.25, 0.3) is 0 Å². The van der Waals surface area contributed by atoms with E-state index in [0.29, 0.717) is 10.4 Å². The standard InChI is InChI=1S/C18H13F2IS/c1-2-14-7-8-17(22-14)18-15(19)9-12(10-16(18)20)11-3-5-13(21)6-4-11/h3-10H,2H2,1H3. The van der Waals surface area contributed by atoms with Crippen LogP contribution >= 0.6 is 33.9 Å². The molecule has 0 bridgehead atoms. The van der Waals surface area contributed by atoms with Crippen molar-refractivity contribution >= 4 is 33.9 Å². The Morgan fingerprint density at radius 2 is 1.55 bits per heavy atom. The van der Waals surface area contributed by atoms with Gasteiger partial charge in [0.1, 0.15) is 11.6 Å². The van der Waals surface area contributed by atoms with Crippen molar-refractivity contribution in [2.75, 3.05) is 0 Å². The van der Waals surface area contributed by atoms with E-state index in [0.717, 1.165) is 20.4 Å². The van der Waals surface area contributed by atoms with Gasteiger partial charge in [-0.05, 0) is 76.5 Å². The van der Waals surface area contributed by atoms with E-state index in [-0.39, 0.29) is 5.56 Å². The summed E-state index contributed by atoms with van der Waals surface area (Å²) < 4.78 is 30.0. The second-order valence-electron chi connectivity index (χ2n) is 4.94. The fourth-order valence-electron chi connectivity index (χ4n) is 2.32. The number of rotatable bonds is 3. The van der Waals surface area contributed by atoms with Gasteiger partial charge in [-0.2, -0.15) is 0 Å². The van der Waals surface area contributed by atoms with Crippen molar-refractivity contribution in [3.05, 3.63) is 68.6 Å². The van der Waals surface area contributed by atoms with E-state index < -0.39 is 11.6 Å². The van der Waals surface area contributed by atoms with E-state index in [1.54, 1.807) is 6.07 Å². The van der Waals surface area contributed by atoms with Crippen molar-refractivity contribution in [1.82, 2.24) is 0 Å². The molecule has 0 aliphatic carbocycles. The molecule has 0 atom stereocenters. The van der Waals surface area contributed by atoms with Gasteiger partial charge in [-0.1, -0.05) is 19.1 Å². The largest absolute Gasteiger partial charge is 0.206 e. The zero-order chi connectivity index (χ0) is 15.7. The molecule has 0 unspecified atom stereocenters. The molecular formula is C18H13F2IS. The number of aryl methyl sites for hydroxylation is 1. The fraction of sp³-hybridized carbons (Fsp3) is 0.111. The van der Waals surface area contributed by atoms with Gasteiger partial charge in [0.15, 0.2) is 0 Å². The summed E-state index contributed by atoms with van der Waals surface area (Å²) in [6, 6.07) is 14.1. The molecule has 0 radical (unpaired) electrons. The molecule has 1 aromatic heterocycles. The van der Waals surface area contributed by atoms with Crippen LogP contribution in [0, 0.1) is 15.2 Å². The van der Waals surface area contributed by atoms with Gasteiger partial charge < -0.3 is 0 Å². The van der Waals surface area contributed by atoms with Crippen molar-refractivity contribution in [1.29, 1.82) is 0 Å². The quantitative estimate of drug-likeness (QED) is 0.418. The Morgan fingerprint density at radius 3 is 2.09 bits per heavy atom. The van der Waals surface area contributed by atoms with Crippen LogP contribution in [-0.2, 0) is 6.42 Å². The third kappa shape index (κ3) is 3.08. The highest BCUT2D eigenvalue weighted by atomic mass is 127. The summed E-state index contributed by atoms with van der Waals surface area (Å²) in [7, 11) is 0. The second-order valence-corrected chi connectivity index (χ2v) is 7.36. The molecule has 1 heterocycles. The molecule has 0 saturated carbocycles. The van der Waals surface area contributed by atoms with Crippen LogP contribution in [0.25, 0.3) is 21.6 Å². The van der Waals surface area contributed by atoms with Crippen molar-refractivity contribution in [3.8, 4) is 21.6 Å². The van der Waals surface area contributed by atoms with Gasteiger partial charge in [0.2, 0.25) is 0 Å². The SMILES string of the molecule is CCc1ccc(-c2c(F)cc(-c3ccc(I)cc3)cc2F)s1. The van der Waals surface area contributed by atoms with E-state index in [1.807, 2.05) is 37.3 Å². The van der Waals surface area contributed by atoms with Crippen LogP contribution in [0.15, 0.2) is 48.5 Å². The van der Waals surface area contributed by atoms with Crippen LogP contribution in [0.3, 0.4) is 0 Å². The van der Waals surface area contributed by atoms with E-state index in [4.69, 9.17) is 0 Å². The van der Waals surface area contributed by atoms with Gasteiger partial charge in [-0.15, -0.1) is 11.3 Å². The van der Waals surface area contributed by atoms with Crippen LogP contribution < -0.4 is 0 Å². The number of benzene rings is 2. The van der Waals surface area contributed by atoms with E-state index in [2.05, 4.69) is 22.6 Å². The summed E-state index contributed by atoms with van der Waals surface area (Å²) in [5.74, 6) is -1.03. The Hall–Kier alpha value is -1.27. The molecule has 0 spiro atoms. The van der Waals surface area contributed by atoms with Crippen molar-refractivity contribution in [2.24, 2.45) is 0 Å². The lowest BCUT2D eigenvalue weighted by atomic mass is 10.0. The van der Waals surface area contributed by atoms with Gasteiger partial charge in [0, 0.05) is 13.3 Å². The Bertz CT molecular complexity index is 783. The molecule has 112 valence electrons. The zero-order valence-electron chi connectivity index (χ0n) is 11.9. The molecule has 22 heavy (non-hydrogen) atoms. The van der Waals surface area contributed by atoms with Gasteiger partial charge in [-0.3, -0.25) is 0 Å². The van der Waals surface area contributed by atoms with Gasteiger partial charge in [0.05, 0.1) is 5.56 Å². The lowest BCUT2D eigenvalue weighted by molar-refractivity contribution is 0.591. The lowest BCUT2D eigenvalue weighted by Crippen LogP contribution is -1.90. The van der Waals surface area contributed by atoms with E-state index >= 15 is 0 Å². The first-order chi connectivity index (χ1) is 10.6. The smallest absolute Gasteiger partial charge is 0.135 e. The number of halogens is 3. The van der Waals surface area contributed by atoms with Crippen LogP contribution in [-0.4, -0.2) is 0 Å². The highest BCUT2D eigenvalue weighted by Gasteiger charge is 2.15. The molecule has 3 aromatic rings. The number of hydrogen-bond acceptors (Lipinski definition) is 1. The summed E-state index contributed by atoms with van der Waals surface area (Å²) in [6.07, 6.45) is 0.870. The van der Waals surface area contributed by atoms with Crippen molar-refractivity contribution in [2.45, 2.75) is 13.3 Å². The minimum absolute atomic E-state index is 0.0685. The zero-order valence-corrected chi connectivity index (χ0v) is 14.8. The van der Waals surface area contributed by atoms with Crippen LogP contribution in [0.5, 0.6) is 0 Å². The van der Waals surface area contributed by atoms with Crippen LogP contribution in [0.1, 0.15) is 11.8 Å². The Morgan fingerprint density at radius 1 is 0.909 bits per heavy atom. The van der Waals surface area contributed by atoms with Crippen LogP contribution in [0.2, 0.25) is 0 Å². The predicted octanol–water partition coefficient (Wildman–Crippen LogP) is 6.53. The normalized spacial score (nSPS) is 10.9. The molecule has 4 heteroatoms. The molecule has 0 aliphatic rings. The van der Waals surface area contributed by atoms with E-state index in [1.165, 1.54) is 23.5 Å². The lowest BCUT2D eigenvalue weighted by Gasteiger charge is -2.07. The summed E-state index contributed by atoms with van der Waals surface area (Å²) in [4.78, 5) is 1.76. The fourth-order valence-corrected chi connectivity index (χ4v) is 3.68. The predicted molar refractivity (Wildman–Crippen MR) is 97.2 cm³/mol. The molecule has 3 rings (SSSR count). The Balaban J connectivity index is 2.06. The second kappa shape index (κ2) is 6.46. The molecule has 0 aliphatic heterocycles. The Labute approximate surface area is 146 Å². The number of thiophene rings is 1. The molecule has 0 saturated heterocycles.